The van der Waals surface area contributed by atoms with Crippen LogP contribution in [-0.2, 0) is 4.79 Å². The first-order valence-corrected chi connectivity index (χ1v) is 4.58. The zero-order valence-electron chi connectivity index (χ0n) is 7.73. The highest BCUT2D eigenvalue weighted by Crippen LogP contribution is 2.32. The van der Waals surface area contributed by atoms with Crippen LogP contribution in [0.4, 0.5) is 5.69 Å². The highest BCUT2D eigenvalue weighted by atomic mass is 16.1. The molecule has 1 aromatic carbocycles. The molecule has 1 aromatic rings. The Morgan fingerprint density at radius 1 is 1.46 bits per heavy atom. The number of hydrogen-bond acceptors (Lipinski definition) is 2. The third kappa shape index (κ3) is 1.32. The molecule has 2 heteroatoms. The molecule has 0 N–H and O–H groups in total. The van der Waals surface area contributed by atoms with E-state index < -0.39 is 0 Å². The quantitative estimate of drug-likeness (QED) is 0.607. The van der Waals surface area contributed by atoms with Gasteiger partial charge in [0.1, 0.15) is 6.29 Å². The van der Waals surface area contributed by atoms with Gasteiger partial charge in [0, 0.05) is 25.2 Å². The van der Waals surface area contributed by atoms with E-state index in [1.807, 2.05) is 18.2 Å². The normalized spacial score (nSPS) is 21.0. The fourth-order valence-corrected chi connectivity index (χ4v) is 1.90. The Labute approximate surface area is 78.2 Å². The number of fused-ring (bicyclic) bond motifs is 1. The fraction of sp³-hybridized carbons (Fsp3) is 0.364. The second-order valence-electron chi connectivity index (χ2n) is 3.51. The molecule has 0 amide bonds. The van der Waals surface area contributed by atoms with Gasteiger partial charge in [-0.15, -0.1) is 0 Å². The van der Waals surface area contributed by atoms with Crippen LogP contribution < -0.4 is 4.90 Å². The molecule has 1 atom stereocenters. The molecule has 0 bridgehead atoms. The van der Waals surface area contributed by atoms with Gasteiger partial charge in [0.05, 0.1) is 0 Å². The SMILES string of the molecule is CN1CC[C@@H](C=O)c2ccccc21. The van der Waals surface area contributed by atoms with E-state index in [1.165, 1.54) is 11.3 Å². The van der Waals surface area contributed by atoms with Crippen LogP contribution in [-0.4, -0.2) is 19.9 Å². The molecule has 0 aliphatic carbocycles. The summed E-state index contributed by atoms with van der Waals surface area (Å²) in [4.78, 5) is 13.0. The van der Waals surface area contributed by atoms with Crippen LogP contribution in [0.2, 0.25) is 0 Å². The van der Waals surface area contributed by atoms with Gasteiger partial charge in [0.25, 0.3) is 0 Å². The van der Waals surface area contributed by atoms with Crippen LogP contribution in [0.15, 0.2) is 24.3 Å². The predicted molar refractivity (Wildman–Crippen MR) is 53.1 cm³/mol. The highest BCUT2D eigenvalue weighted by molar-refractivity contribution is 5.70. The minimum absolute atomic E-state index is 0.104. The maximum absolute atomic E-state index is 10.8. The van der Waals surface area contributed by atoms with E-state index in [-0.39, 0.29) is 5.92 Å². The van der Waals surface area contributed by atoms with Crippen molar-refractivity contribution in [2.45, 2.75) is 12.3 Å². The van der Waals surface area contributed by atoms with Gasteiger partial charge in [0.2, 0.25) is 0 Å². The van der Waals surface area contributed by atoms with Crippen molar-refractivity contribution in [2.24, 2.45) is 0 Å². The maximum atomic E-state index is 10.8. The summed E-state index contributed by atoms with van der Waals surface area (Å²) >= 11 is 0. The number of rotatable bonds is 1. The van der Waals surface area contributed by atoms with E-state index in [0.29, 0.717) is 0 Å². The van der Waals surface area contributed by atoms with Crippen LogP contribution in [0.3, 0.4) is 0 Å². The molecule has 0 spiro atoms. The Morgan fingerprint density at radius 3 is 3.00 bits per heavy atom. The predicted octanol–water partition coefficient (Wildman–Crippen LogP) is 1.81. The van der Waals surface area contributed by atoms with Gasteiger partial charge in [-0.1, -0.05) is 18.2 Å². The molecule has 2 nitrogen and oxygen atoms in total. The van der Waals surface area contributed by atoms with E-state index in [2.05, 4.69) is 18.0 Å². The monoisotopic (exact) mass is 175 g/mol. The summed E-state index contributed by atoms with van der Waals surface area (Å²) in [6.07, 6.45) is 2.00. The lowest BCUT2D eigenvalue weighted by molar-refractivity contribution is -0.109. The van der Waals surface area contributed by atoms with Crippen molar-refractivity contribution in [3.63, 3.8) is 0 Å². The first-order chi connectivity index (χ1) is 6.33. The summed E-state index contributed by atoms with van der Waals surface area (Å²) in [6.45, 7) is 0.973. The molecule has 0 saturated carbocycles. The summed E-state index contributed by atoms with van der Waals surface area (Å²) in [5.74, 6) is 0.104. The lowest BCUT2D eigenvalue weighted by Gasteiger charge is -2.30. The first-order valence-electron chi connectivity index (χ1n) is 4.58. The number of aldehydes is 1. The van der Waals surface area contributed by atoms with Crippen LogP contribution in [0, 0.1) is 0 Å². The third-order valence-electron chi connectivity index (χ3n) is 2.69. The molecule has 1 aliphatic rings. The number of benzene rings is 1. The molecule has 68 valence electrons. The topological polar surface area (TPSA) is 20.3 Å². The molecule has 1 heterocycles. The van der Waals surface area contributed by atoms with E-state index in [0.717, 1.165) is 19.3 Å². The molecule has 0 radical (unpaired) electrons. The van der Waals surface area contributed by atoms with E-state index >= 15 is 0 Å². The van der Waals surface area contributed by atoms with Crippen molar-refractivity contribution >= 4 is 12.0 Å². The van der Waals surface area contributed by atoms with Crippen LogP contribution >= 0.6 is 0 Å². The van der Waals surface area contributed by atoms with Gasteiger partial charge < -0.3 is 9.69 Å². The summed E-state index contributed by atoms with van der Waals surface area (Å²) in [5.41, 5.74) is 2.37. The average Bonchev–Trinajstić information content (AvgIpc) is 2.19. The minimum atomic E-state index is 0.104. The summed E-state index contributed by atoms with van der Waals surface area (Å²) in [6, 6.07) is 8.13. The number of hydrogen-bond donors (Lipinski definition) is 0. The number of nitrogens with zero attached hydrogens (tertiary/aromatic N) is 1. The van der Waals surface area contributed by atoms with Crippen molar-refractivity contribution in [3.05, 3.63) is 29.8 Å². The highest BCUT2D eigenvalue weighted by Gasteiger charge is 2.21. The summed E-state index contributed by atoms with van der Waals surface area (Å²) in [5, 5.41) is 0. The number of anilines is 1. The first kappa shape index (κ1) is 8.30. The minimum Gasteiger partial charge on any atom is -0.374 e. The van der Waals surface area contributed by atoms with Crippen LogP contribution in [0.25, 0.3) is 0 Å². The lowest BCUT2D eigenvalue weighted by Crippen LogP contribution is -2.27. The lowest BCUT2D eigenvalue weighted by atomic mass is 9.91. The van der Waals surface area contributed by atoms with Gasteiger partial charge in [-0.05, 0) is 18.1 Å². The van der Waals surface area contributed by atoms with Gasteiger partial charge >= 0.3 is 0 Å². The van der Waals surface area contributed by atoms with Crippen LogP contribution in [0.5, 0.6) is 0 Å². The van der Waals surface area contributed by atoms with E-state index in [4.69, 9.17) is 0 Å². The number of para-hydroxylation sites is 1. The molecular weight excluding hydrogens is 162 g/mol. The average molecular weight is 175 g/mol. The Morgan fingerprint density at radius 2 is 2.23 bits per heavy atom. The second-order valence-corrected chi connectivity index (χ2v) is 3.51. The fourth-order valence-electron chi connectivity index (χ4n) is 1.90. The summed E-state index contributed by atoms with van der Waals surface area (Å²) < 4.78 is 0. The standard InChI is InChI=1S/C11H13NO/c1-12-7-6-9(8-13)10-4-2-3-5-11(10)12/h2-5,8-9H,6-7H2,1H3/t9-/m0/s1. The number of carbonyl (C=O) groups is 1. The van der Waals surface area contributed by atoms with Crippen molar-refractivity contribution < 1.29 is 4.79 Å². The molecule has 1 aliphatic heterocycles. The molecule has 0 aromatic heterocycles. The van der Waals surface area contributed by atoms with Crippen molar-refractivity contribution in [1.82, 2.24) is 0 Å². The molecule has 0 saturated heterocycles. The Balaban J connectivity index is 2.47. The third-order valence-corrected chi connectivity index (χ3v) is 2.69. The zero-order valence-corrected chi connectivity index (χ0v) is 7.73. The molecule has 13 heavy (non-hydrogen) atoms. The maximum Gasteiger partial charge on any atom is 0.127 e. The second kappa shape index (κ2) is 3.21. The smallest absolute Gasteiger partial charge is 0.127 e. The van der Waals surface area contributed by atoms with E-state index in [9.17, 15) is 4.79 Å². The number of carbonyl (C=O) groups excluding carboxylic acids is 1. The van der Waals surface area contributed by atoms with Crippen LogP contribution in [0.1, 0.15) is 17.9 Å². The summed E-state index contributed by atoms with van der Waals surface area (Å²) in [7, 11) is 2.07. The van der Waals surface area contributed by atoms with Gasteiger partial charge in [-0.2, -0.15) is 0 Å². The molecule has 0 unspecified atom stereocenters. The molecular formula is C11H13NO. The largest absolute Gasteiger partial charge is 0.374 e. The van der Waals surface area contributed by atoms with Gasteiger partial charge in [-0.25, -0.2) is 0 Å². The Bertz CT molecular complexity index is 322. The Hall–Kier alpha value is -1.31. The van der Waals surface area contributed by atoms with Crippen molar-refractivity contribution in [2.75, 3.05) is 18.5 Å². The zero-order chi connectivity index (χ0) is 9.26. The molecule has 2 rings (SSSR count). The van der Waals surface area contributed by atoms with Crippen molar-refractivity contribution in [3.8, 4) is 0 Å². The Kier molecular flexibility index (Phi) is 2.05. The van der Waals surface area contributed by atoms with Gasteiger partial charge in [0.15, 0.2) is 0 Å². The van der Waals surface area contributed by atoms with Gasteiger partial charge in [-0.3, -0.25) is 0 Å². The van der Waals surface area contributed by atoms with Crippen molar-refractivity contribution in [1.29, 1.82) is 0 Å². The van der Waals surface area contributed by atoms with E-state index in [1.54, 1.807) is 0 Å². The molecule has 0 fully saturated rings.